The van der Waals surface area contributed by atoms with Gasteiger partial charge in [-0.25, -0.2) is 0 Å². The molecule has 5 nitrogen and oxygen atoms in total. The zero-order valence-corrected chi connectivity index (χ0v) is 14.4. The lowest BCUT2D eigenvalue weighted by Gasteiger charge is -2.15. The third-order valence-electron chi connectivity index (χ3n) is 4.40. The second kappa shape index (κ2) is 7.49. The Morgan fingerprint density at radius 1 is 1.31 bits per heavy atom. The summed E-state index contributed by atoms with van der Waals surface area (Å²) >= 11 is 0. The van der Waals surface area contributed by atoms with E-state index >= 15 is 0 Å². The molecule has 140 valence electrons. The molecule has 0 atom stereocenters. The number of carbonyl (C=O) groups excluding carboxylic acids is 1. The van der Waals surface area contributed by atoms with Gasteiger partial charge in [0.2, 0.25) is 0 Å². The van der Waals surface area contributed by atoms with E-state index in [1.54, 1.807) is 12.1 Å². The van der Waals surface area contributed by atoms with Crippen LogP contribution in [-0.4, -0.2) is 28.8 Å². The Balaban J connectivity index is 1.66. The minimum Gasteiger partial charge on any atom is -0.376 e. The van der Waals surface area contributed by atoms with E-state index in [2.05, 4.69) is 10.4 Å². The van der Waals surface area contributed by atoms with E-state index in [-0.39, 0.29) is 31.2 Å². The van der Waals surface area contributed by atoms with Crippen LogP contribution in [0.15, 0.2) is 24.3 Å². The summed E-state index contributed by atoms with van der Waals surface area (Å²) in [4.78, 5) is 12.1. The summed E-state index contributed by atoms with van der Waals surface area (Å²) in [5, 5.41) is 6.44. The van der Waals surface area contributed by atoms with Gasteiger partial charge in [0, 0.05) is 29.8 Å². The molecule has 1 aromatic heterocycles. The van der Waals surface area contributed by atoms with Crippen LogP contribution in [0.5, 0.6) is 0 Å². The molecule has 1 N–H and O–H groups in total. The van der Waals surface area contributed by atoms with Gasteiger partial charge in [-0.05, 0) is 24.1 Å². The molecule has 2 aromatic rings. The normalized spacial score (nSPS) is 14.2. The first-order chi connectivity index (χ1) is 12.4. The van der Waals surface area contributed by atoms with Crippen LogP contribution in [0.1, 0.15) is 39.8 Å². The van der Waals surface area contributed by atoms with Gasteiger partial charge in [0.25, 0.3) is 5.91 Å². The fourth-order valence-corrected chi connectivity index (χ4v) is 2.99. The van der Waals surface area contributed by atoms with Crippen molar-refractivity contribution in [2.45, 2.75) is 39.1 Å². The van der Waals surface area contributed by atoms with Gasteiger partial charge < -0.3 is 10.1 Å². The van der Waals surface area contributed by atoms with Crippen LogP contribution < -0.4 is 5.32 Å². The Morgan fingerprint density at radius 2 is 2.04 bits per heavy atom. The lowest BCUT2D eigenvalue weighted by molar-refractivity contribution is -0.142. The number of carbonyl (C=O) groups is 1. The first-order valence-corrected chi connectivity index (χ1v) is 8.50. The minimum absolute atomic E-state index is 0.0830. The maximum Gasteiger partial charge on any atom is 0.435 e. The number of fused-ring (bicyclic) bond motifs is 1. The van der Waals surface area contributed by atoms with Crippen molar-refractivity contribution < 1.29 is 22.7 Å². The number of nitrogens with one attached hydrogen (secondary N) is 1. The van der Waals surface area contributed by atoms with Crippen molar-refractivity contribution in [3.05, 3.63) is 52.3 Å². The number of ether oxygens (including phenoxy) is 1. The summed E-state index contributed by atoms with van der Waals surface area (Å²) in [6.45, 7) is 2.68. The predicted octanol–water partition coefficient (Wildman–Crippen LogP) is 2.97. The second-order valence-electron chi connectivity index (χ2n) is 6.10. The van der Waals surface area contributed by atoms with Crippen molar-refractivity contribution in [1.82, 2.24) is 15.1 Å². The SMILES string of the molecule is CCc1ccc(C(=O)NCCn2nc(C(F)(F)F)c3c2CCOC3)cc1. The van der Waals surface area contributed by atoms with Crippen molar-refractivity contribution >= 4 is 5.91 Å². The summed E-state index contributed by atoms with van der Waals surface area (Å²) in [5.41, 5.74) is 1.39. The van der Waals surface area contributed by atoms with Crippen molar-refractivity contribution in [3.63, 3.8) is 0 Å². The number of halogens is 3. The van der Waals surface area contributed by atoms with E-state index in [1.807, 2.05) is 19.1 Å². The van der Waals surface area contributed by atoms with E-state index < -0.39 is 11.9 Å². The number of aryl methyl sites for hydroxylation is 1. The van der Waals surface area contributed by atoms with E-state index in [0.29, 0.717) is 24.3 Å². The highest BCUT2D eigenvalue weighted by Gasteiger charge is 2.39. The molecular formula is C18H20F3N3O2. The molecule has 0 fully saturated rings. The average molecular weight is 367 g/mol. The monoisotopic (exact) mass is 367 g/mol. The van der Waals surface area contributed by atoms with Gasteiger partial charge in [-0.3, -0.25) is 9.48 Å². The van der Waals surface area contributed by atoms with Gasteiger partial charge in [0.1, 0.15) is 0 Å². The highest BCUT2D eigenvalue weighted by atomic mass is 19.4. The molecule has 1 aliphatic heterocycles. The van der Waals surface area contributed by atoms with Crippen molar-refractivity contribution in [2.24, 2.45) is 0 Å². The number of hydrogen-bond acceptors (Lipinski definition) is 3. The number of alkyl halides is 3. The van der Waals surface area contributed by atoms with Gasteiger partial charge in [0.05, 0.1) is 19.8 Å². The third-order valence-corrected chi connectivity index (χ3v) is 4.40. The molecule has 26 heavy (non-hydrogen) atoms. The molecule has 1 aliphatic rings. The average Bonchev–Trinajstić information content (AvgIpc) is 3.01. The highest BCUT2D eigenvalue weighted by molar-refractivity contribution is 5.94. The number of aromatic nitrogens is 2. The van der Waals surface area contributed by atoms with E-state index in [4.69, 9.17) is 4.74 Å². The van der Waals surface area contributed by atoms with Crippen molar-refractivity contribution in [2.75, 3.05) is 13.2 Å². The Bertz CT molecular complexity index is 782. The Labute approximate surface area is 149 Å². The summed E-state index contributed by atoms with van der Waals surface area (Å²) in [5.74, 6) is -0.256. The number of amides is 1. The highest BCUT2D eigenvalue weighted by Crippen LogP contribution is 2.34. The van der Waals surface area contributed by atoms with Crippen molar-refractivity contribution in [1.29, 1.82) is 0 Å². The van der Waals surface area contributed by atoms with Crippen LogP contribution in [0.2, 0.25) is 0 Å². The van der Waals surface area contributed by atoms with Crippen LogP contribution >= 0.6 is 0 Å². The zero-order valence-electron chi connectivity index (χ0n) is 14.4. The smallest absolute Gasteiger partial charge is 0.376 e. The van der Waals surface area contributed by atoms with Gasteiger partial charge >= 0.3 is 6.18 Å². The topological polar surface area (TPSA) is 56.2 Å². The maximum absolute atomic E-state index is 13.1. The molecule has 0 spiro atoms. The van der Waals surface area contributed by atoms with E-state index in [1.165, 1.54) is 4.68 Å². The number of nitrogens with zero attached hydrogens (tertiary/aromatic N) is 2. The molecule has 3 rings (SSSR count). The molecule has 0 bridgehead atoms. The molecule has 1 aromatic carbocycles. The van der Waals surface area contributed by atoms with Crippen LogP contribution in [0, 0.1) is 0 Å². The van der Waals surface area contributed by atoms with Crippen LogP contribution in [0.4, 0.5) is 13.2 Å². The number of rotatable bonds is 5. The number of benzene rings is 1. The minimum atomic E-state index is -4.51. The lowest BCUT2D eigenvalue weighted by Crippen LogP contribution is -2.28. The van der Waals surface area contributed by atoms with Crippen LogP contribution in [0.3, 0.4) is 0 Å². The van der Waals surface area contributed by atoms with Crippen molar-refractivity contribution in [3.8, 4) is 0 Å². The maximum atomic E-state index is 13.1. The van der Waals surface area contributed by atoms with Gasteiger partial charge in [-0.1, -0.05) is 19.1 Å². The van der Waals surface area contributed by atoms with E-state index in [0.717, 1.165) is 12.0 Å². The van der Waals surface area contributed by atoms with Crippen LogP contribution in [-0.2, 0) is 36.9 Å². The summed E-state index contributed by atoms with van der Waals surface area (Å²) in [7, 11) is 0. The fourth-order valence-electron chi connectivity index (χ4n) is 2.99. The third kappa shape index (κ3) is 3.90. The van der Waals surface area contributed by atoms with Crippen LogP contribution in [0.25, 0.3) is 0 Å². The predicted molar refractivity (Wildman–Crippen MR) is 88.7 cm³/mol. The molecule has 0 saturated heterocycles. The standard InChI is InChI=1S/C18H20F3N3O2/c1-2-12-3-5-13(6-4-12)17(25)22-8-9-24-15-7-10-26-11-14(15)16(23-24)18(19,20)21/h3-6H,2,7-11H2,1H3,(H,22,25). The summed E-state index contributed by atoms with van der Waals surface area (Å²) in [6, 6.07) is 7.24. The second-order valence-corrected chi connectivity index (χ2v) is 6.10. The Morgan fingerprint density at radius 3 is 2.69 bits per heavy atom. The van der Waals surface area contributed by atoms with E-state index in [9.17, 15) is 18.0 Å². The van der Waals surface area contributed by atoms with Gasteiger partial charge in [0.15, 0.2) is 5.69 Å². The Hall–Kier alpha value is -2.35. The zero-order chi connectivity index (χ0) is 18.7. The molecule has 2 heterocycles. The summed E-state index contributed by atoms with van der Waals surface area (Å²) in [6.07, 6.45) is -3.25. The fraction of sp³-hybridized carbons (Fsp3) is 0.444. The quantitative estimate of drug-likeness (QED) is 0.884. The molecule has 0 radical (unpaired) electrons. The molecule has 0 aliphatic carbocycles. The summed E-state index contributed by atoms with van der Waals surface area (Å²) < 4.78 is 45.8. The Kier molecular flexibility index (Phi) is 5.31. The number of hydrogen-bond donors (Lipinski definition) is 1. The molecule has 8 heteroatoms. The van der Waals surface area contributed by atoms with Gasteiger partial charge in [-0.15, -0.1) is 0 Å². The molecule has 0 saturated carbocycles. The molecule has 1 amide bonds. The molecular weight excluding hydrogens is 347 g/mol. The largest absolute Gasteiger partial charge is 0.435 e. The molecule has 0 unspecified atom stereocenters. The van der Waals surface area contributed by atoms with Gasteiger partial charge in [-0.2, -0.15) is 18.3 Å². The first kappa shape index (κ1) is 18.4. The first-order valence-electron chi connectivity index (χ1n) is 8.50. The lowest BCUT2D eigenvalue weighted by atomic mass is 10.1.